The van der Waals surface area contributed by atoms with Crippen LogP contribution in [-0.2, 0) is 14.4 Å². The lowest BCUT2D eigenvalue weighted by Crippen LogP contribution is -2.49. The molecule has 0 bridgehead atoms. The molecule has 3 N–H and O–H groups in total. The molecule has 1 atom stereocenters. The van der Waals surface area contributed by atoms with Gasteiger partial charge in [0.05, 0.1) is 0 Å². The third-order valence-corrected chi connectivity index (χ3v) is 2.38. The predicted molar refractivity (Wildman–Crippen MR) is 61.7 cm³/mol. The van der Waals surface area contributed by atoms with E-state index in [1.165, 1.54) is 14.1 Å². The third-order valence-electron chi connectivity index (χ3n) is 2.38. The Labute approximate surface area is 109 Å². The third kappa shape index (κ3) is 5.70. The molecule has 19 heavy (non-hydrogen) atoms. The molecule has 1 unspecified atom stereocenters. The van der Waals surface area contributed by atoms with Gasteiger partial charge in [-0.2, -0.15) is 0 Å². The summed E-state index contributed by atoms with van der Waals surface area (Å²) in [7, 11) is 2.39. The van der Waals surface area contributed by atoms with Crippen LogP contribution in [0.5, 0.6) is 0 Å². The number of carbonyl (C=O) groups is 4. The van der Waals surface area contributed by atoms with Crippen LogP contribution in [0.15, 0.2) is 0 Å². The normalized spacial score (nSPS) is 11.5. The Morgan fingerprint density at radius 1 is 1.00 bits per heavy atom. The quantitative estimate of drug-likeness (QED) is 0.563. The minimum absolute atomic E-state index is 0.256. The molecular formula is C10H16N2O7. The summed E-state index contributed by atoms with van der Waals surface area (Å²) >= 11 is 0. The Morgan fingerprint density at radius 2 is 1.53 bits per heavy atom. The molecule has 0 saturated carbocycles. The Kier molecular flexibility index (Phi) is 6.31. The molecule has 0 aliphatic rings. The van der Waals surface area contributed by atoms with Crippen molar-refractivity contribution in [2.45, 2.75) is 18.9 Å². The highest BCUT2D eigenvalue weighted by molar-refractivity contribution is 5.84. The van der Waals surface area contributed by atoms with Gasteiger partial charge in [0.1, 0.15) is 12.6 Å². The number of amides is 2. The van der Waals surface area contributed by atoms with E-state index in [4.69, 9.17) is 15.3 Å². The zero-order valence-corrected chi connectivity index (χ0v) is 10.6. The first-order valence-electron chi connectivity index (χ1n) is 5.31. The van der Waals surface area contributed by atoms with Gasteiger partial charge in [0.25, 0.3) is 0 Å². The second kappa shape index (κ2) is 7.19. The van der Waals surface area contributed by atoms with Gasteiger partial charge in [0, 0.05) is 20.5 Å². The van der Waals surface area contributed by atoms with Gasteiger partial charge < -0.3 is 25.1 Å². The average Bonchev–Trinajstić information content (AvgIpc) is 2.25. The minimum Gasteiger partial charge on any atom is -0.481 e. The molecule has 9 nitrogen and oxygen atoms in total. The summed E-state index contributed by atoms with van der Waals surface area (Å²) in [4.78, 5) is 45.2. The number of hydrogen-bond donors (Lipinski definition) is 3. The Hall–Kier alpha value is -2.32. The molecule has 0 aliphatic carbocycles. The molecule has 0 fully saturated rings. The fraction of sp³-hybridized carbons (Fsp3) is 0.600. The van der Waals surface area contributed by atoms with E-state index in [2.05, 4.69) is 0 Å². The van der Waals surface area contributed by atoms with Crippen LogP contribution in [0.4, 0.5) is 4.79 Å². The number of carbonyl (C=O) groups excluding carboxylic acids is 1. The Bertz CT molecular complexity index is 382. The smallest absolute Gasteiger partial charge is 0.326 e. The van der Waals surface area contributed by atoms with E-state index in [0.29, 0.717) is 0 Å². The van der Waals surface area contributed by atoms with Crippen molar-refractivity contribution in [1.29, 1.82) is 0 Å². The molecule has 2 amide bonds. The van der Waals surface area contributed by atoms with Gasteiger partial charge in [0.2, 0.25) is 0 Å². The molecule has 0 aliphatic heterocycles. The SMILES string of the molecule is CN(CC(=O)O)C(=O)N(C)C(CCC(=O)O)C(=O)O. The first kappa shape index (κ1) is 16.7. The molecule has 0 radical (unpaired) electrons. The first-order chi connectivity index (χ1) is 8.66. The van der Waals surface area contributed by atoms with Crippen molar-refractivity contribution in [2.75, 3.05) is 20.6 Å². The van der Waals surface area contributed by atoms with E-state index in [0.717, 1.165) is 9.80 Å². The summed E-state index contributed by atoms with van der Waals surface area (Å²) in [5.41, 5.74) is 0. The number of likely N-dealkylation sites (N-methyl/N-ethyl adjacent to an activating group) is 2. The molecule has 0 aromatic rings. The van der Waals surface area contributed by atoms with E-state index in [-0.39, 0.29) is 6.42 Å². The molecule has 0 saturated heterocycles. The molecule has 0 aromatic heterocycles. The van der Waals surface area contributed by atoms with Gasteiger partial charge in [-0.15, -0.1) is 0 Å². The summed E-state index contributed by atoms with van der Waals surface area (Å²) in [5.74, 6) is -3.76. The van der Waals surface area contributed by atoms with E-state index in [1.807, 2.05) is 0 Å². The summed E-state index contributed by atoms with van der Waals surface area (Å²) in [6.07, 6.45) is -0.662. The number of rotatable bonds is 7. The summed E-state index contributed by atoms with van der Waals surface area (Å²) < 4.78 is 0. The average molecular weight is 276 g/mol. The zero-order chi connectivity index (χ0) is 15.2. The summed E-state index contributed by atoms with van der Waals surface area (Å²) in [6.45, 7) is -0.575. The molecule has 108 valence electrons. The van der Waals surface area contributed by atoms with Crippen molar-refractivity contribution in [3.63, 3.8) is 0 Å². The fourth-order valence-electron chi connectivity index (χ4n) is 1.42. The Morgan fingerprint density at radius 3 is 1.89 bits per heavy atom. The monoisotopic (exact) mass is 276 g/mol. The van der Waals surface area contributed by atoms with Crippen LogP contribution in [0.25, 0.3) is 0 Å². The highest BCUT2D eigenvalue weighted by Gasteiger charge is 2.29. The van der Waals surface area contributed by atoms with Crippen LogP contribution in [0, 0.1) is 0 Å². The molecule has 0 aromatic carbocycles. The highest BCUT2D eigenvalue weighted by Crippen LogP contribution is 2.08. The number of carboxylic acid groups (broad SMARTS) is 3. The van der Waals surface area contributed by atoms with Crippen LogP contribution >= 0.6 is 0 Å². The van der Waals surface area contributed by atoms with Crippen molar-refractivity contribution >= 4 is 23.9 Å². The number of urea groups is 1. The fourth-order valence-corrected chi connectivity index (χ4v) is 1.42. The largest absolute Gasteiger partial charge is 0.481 e. The molecule has 0 rings (SSSR count). The predicted octanol–water partition coefficient (Wildman–Crippen LogP) is -0.627. The number of carboxylic acids is 3. The lowest BCUT2D eigenvalue weighted by Gasteiger charge is -2.28. The van der Waals surface area contributed by atoms with Gasteiger partial charge in [-0.1, -0.05) is 0 Å². The number of nitrogens with zero attached hydrogens (tertiary/aromatic N) is 2. The maximum Gasteiger partial charge on any atom is 0.326 e. The zero-order valence-electron chi connectivity index (χ0n) is 10.6. The maximum atomic E-state index is 11.7. The van der Waals surface area contributed by atoms with Gasteiger partial charge in [-0.25, -0.2) is 9.59 Å². The van der Waals surface area contributed by atoms with Gasteiger partial charge in [-0.05, 0) is 6.42 Å². The van der Waals surface area contributed by atoms with Crippen LogP contribution in [-0.4, -0.2) is 75.7 Å². The molecule has 9 heteroatoms. The van der Waals surface area contributed by atoms with Crippen LogP contribution in [0.2, 0.25) is 0 Å². The van der Waals surface area contributed by atoms with Crippen LogP contribution in [0.1, 0.15) is 12.8 Å². The van der Waals surface area contributed by atoms with Crippen LogP contribution < -0.4 is 0 Å². The Balaban J connectivity index is 4.74. The van der Waals surface area contributed by atoms with Gasteiger partial charge in [0.15, 0.2) is 0 Å². The van der Waals surface area contributed by atoms with E-state index in [1.54, 1.807) is 0 Å². The minimum atomic E-state index is -1.35. The molecular weight excluding hydrogens is 260 g/mol. The van der Waals surface area contributed by atoms with E-state index in [9.17, 15) is 19.2 Å². The number of aliphatic carboxylic acids is 3. The summed E-state index contributed by atoms with van der Waals surface area (Å²) in [6, 6.07) is -2.12. The second-order valence-corrected chi connectivity index (χ2v) is 3.93. The molecule has 0 heterocycles. The van der Waals surface area contributed by atoms with Gasteiger partial charge in [-0.3, -0.25) is 9.59 Å². The van der Waals surface area contributed by atoms with Crippen LogP contribution in [0.3, 0.4) is 0 Å². The lowest BCUT2D eigenvalue weighted by molar-refractivity contribution is -0.143. The van der Waals surface area contributed by atoms with Crippen molar-refractivity contribution in [3.05, 3.63) is 0 Å². The second-order valence-electron chi connectivity index (χ2n) is 3.93. The van der Waals surface area contributed by atoms with E-state index >= 15 is 0 Å². The summed E-state index contributed by atoms with van der Waals surface area (Å²) in [5, 5.41) is 26.0. The lowest BCUT2D eigenvalue weighted by atomic mass is 10.1. The molecule has 0 spiro atoms. The number of hydrogen-bond acceptors (Lipinski definition) is 4. The van der Waals surface area contributed by atoms with Crippen molar-refractivity contribution < 1.29 is 34.5 Å². The van der Waals surface area contributed by atoms with Crippen molar-refractivity contribution in [2.24, 2.45) is 0 Å². The van der Waals surface area contributed by atoms with E-state index < -0.39 is 42.9 Å². The van der Waals surface area contributed by atoms with Crippen molar-refractivity contribution in [3.8, 4) is 0 Å². The highest BCUT2D eigenvalue weighted by atomic mass is 16.4. The topological polar surface area (TPSA) is 135 Å². The van der Waals surface area contributed by atoms with Gasteiger partial charge >= 0.3 is 23.9 Å². The van der Waals surface area contributed by atoms with Crippen molar-refractivity contribution in [1.82, 2.24) is 9.80 Å². The standard InChI is InChI=1S/C10H16N2O7/c1-11(5-8(15)16)10(19)12(2)6(9(17)18)3-4-7(13)14/h6H,3-5H2,1-2H3,(H,13,14)(H,15,16)(H,17,18). The first-order valence-corrected chi connectivity index (χ1v) is 5.31. The maximum absolute atomic E-state index is 11.7.